The molecule has 1 N–H and O–H groups in total. The predicted octanol–water partition coefficient (Wildman–Crippen LogP) is 1.60. The van der Waals surface area contributed by atoms with Gasteiger partial charge in [-0.25, -0.2) is 0 Å². The van der Waals surface area contributed by atoms with Crippen molar-refractivity contribution >= 4 is 11.8 Å². The highest BCUT2D eigenvalue weighted by Crippen LogP contribution is 2.20. The second kappa shape index (κ2) is 8.83. The maximum atomic E-state index is 12.1. The molecule has 0 bridgehead atoms. The van der Waals surface area contributed by atoms with E-state index in [2.05, 4.69) is 10.2 Å². The Bertz CT molecular complexity index is 571. The van der Waals surface area contributed by atoms with Gasteiger partial charge in [-0.2, -0.15) is 0 Å². The van der Waals surface area contributed by atoms with E-state index >= 15 is 0 Å². The first-order chi connectivity index (χ1) is 11.5. The molecule has 1 unspecified atom stereocenters. The molecule has 132 valence electrons. The number of likely N-dealkylation sites (N-methyl/N-ethyl adjacent to an activating group) is 1. The van der Waals surface area contributed by atoms with Gasteiger partial charge in [0.15, 0.2) is 0 Å². The van der Waals surface area contributed by atoms with Crippen LogP contribution in [0.2, 0.25) is 0 Å². The van der Waals surface area contributed by atoms with Crippen molar-refractivity contribution in [3.8, 4) is 0 Å². The number of carbonyl (C=O) groups is 2. The molecule has 5 nitrogen and oxygen atoms in total. The predicted molar refractivity (Wildman–Crippen MR) is 95.8 cm³/mol. The molecule has 5 heteroatoms. The lowest BCUT2D eigenvalue weighted by Crippen LogP contribution is -2.40. The number of nitrogens with one attached hydrogen (secondary N) is 1. The summed E-state index contributed by atoms with van der Waals surface area (Å²) in [6, 6.07) is 8.22. The lowest BCUT2D eigenvalue weighted by Gasteiger charge is -2.26. The fourth-order valence-electron chi connectivity index (χ4n) is 3.13. The number of hydrogen-bond donors (Lipinski definition) is 1. The zero-order chi connectivity index (χ0) is 17.5. The smallest absolute Gasteiger partial charge is 0.224 e. The Kier molecular flexibility index (Phi) is 6.79. The van der Waals surface area contributed by atoms with Crippen LogP contribution in [-0.4, -0.2) is 61.4 Å². The van der Waals surface area contributed by atoms with E-state index in [4.69, 9.17) is 0 Å². The highest BCUT2D eigenvalue weighted by molar-refractivity contribution is 5.79. The van der Waals surface area contributed by atoms with E-state index in [1.165, 1.54) is 0 Å². The molecule has 2 rings (SSSR count). The van der Waals surface area contributed by atoms with Crippen LogP contribution in [0.3, 0.4) is 0 Å². The summed E-state index contributed by atoms with van der Waals surface area (Å²) in [5, 5.41) is 3.00. The van der Waals surface area contributed by atoms with Gasteiger partial charge >= 0.3 is 0 Å². The van der Waals surface area contributed by atoms with E-state index in [-0.39, 0.29) is 17.9 Å². The third kappa shape index (κ3) is 5.34. The Hall–Kier alpha value is -1.88. The minimum absolute atomic E-state index is 0.0495. The molecular formula is C19H29N3O2. The number of hydrogen-bond acceptors (Lipinski definition) is 3. The van der Waals surface area contributed by atoms with Crippen LogP contribution in [0.5, 0.6) is 0 Å². The minimum atomic E-state index is 0.0495. The summed E-state index contributed by atoms with van der Waals surface area (Å²) >= 11 is 0. The highest BCUT2D eigenvalue weighted by Gasteiger charge is 2.30. The van der Waals surface area contributed by atoms with Crippen LogP contribution < -0.4 is 5.32 Å². The SMILES string of the molecule is Cc1ccccc1CC(=O)NCCC1CCC(=O)N1CCN(C)C. The van der Waals surface area contributed by atoms with Gasteiger partial charge in [0.05, 0.1) is 6.42 Å². The Balaban J connectivity index is 1.75. The maximum Gasteiger partial charge on any atom is 0.224 e. The van der Waals surface area contributed by atoms with Crippen molar-refractivity contribution in [3.63, 3.8) is 0 Å². The van der Waals surface area contributed by atoms with E-state index in [0.29, 0.717) is 19.4 Å². The van der Waals surface area contributed by atoms with Gasteiger partial charge in [-0.3, -0.25) is 9.59 Å². The van der Waals surface area contributed by atoms with Crippen molar-refractivity contribution in [2.75, 3.05) is 33.7 Å². The number of benzene rings is 1. The Morgan fingerprint density at radius 2 is 2.08 bits per heavy atom. The third-order valence-electron chi connectivity index (χ3n) is 4.65. The Morgan fingerprint density at radius 1 is 1.33 bits per heavy atom. The van der Waals surface area contributed by atoms with Gasteiger partial charge in [0, 0.05) is 32.1 Å². The molecule has 1 fully saturated rings. The van der Waals surface area contributed by atoms with Gasteiger partial charge in [-0.15, -0.1) is 0 Å². The summed E-state index contributed by atoms with van der Waals surface area (Å²) in [6.45, 7) is 4.30. The summed E-state index contributed by atoms with van der Waals surface area (Å²) in [5.41, 5.74) is 2.21. The lowest BCUT2D eigenvalue weighted by molar-refractivity contribution is -0.129. The zero-order valence-corrected chi connectivity index (χ0v) is 15.0. The van der Waals surface area contributed by atoms with E-state index in [1.807, 2.05) is 50.2 Å². The van der Waals surface area contributed by atoms with Crippen LogP contribution in [0.4, 0.5) is 0 Å². The topological polar surface area (TPSA) is 52.7 Å². The number of nitrogens with zero attached hydrogens (tertiary/aromatic N) is 2. The van der Waals surface area contributed by atoms with Crippen LogP contribution >= 0.6 is 0 Å². The second-order valence-electron chi connectivity index (χ2n) is 6.82. The first-order valence-electron chi connectivity index (χ1n) is 8.72. The van der Waals surface area contributed by atoms with Crippen LogP contribution in [0.15, 0.2) is 24.3 Å². The Labute approximate surface area is 145 Å². The van der Waals surface area contributed by atoms with Crippen molar-refractivity contribution in [1.29, 1.82) is 0 Å². The summed E-state index contributed by atoms with van der Waals surface area (Å²) in [6.07, 6.45) is 2.79. The monoisotopic (exact) mass is 331 g/mol. The average Bonchev–Trinajstić information content (AvgIpc) is 2.88. The minimum Gasteiger partial charge on any atom is -0.356 e. The van der Waals surface area contributed by atoms with Crippen molar-refractivity contribution in [1.82, 2.24) is 15.1 Å². The molecule has 1 aromatic rings. The molecule has 1 heterocycles. The standard InChI is InChI=1S/C19H29N3O2/c1-15-6-4-5-7-16(15)14-18(23)20-11-10-17-8-9-19(24)22(17)13-12-21(2)3/h4-7,17H,8-14H2,1-3H3,(H,20,23). The number of aryl methyl sites for hydroxylation is 1. The molecule has 0 saturated carbocycles. The van der Waals surface area contributed by atoms with Gasteiger partial charge in [-0.05, 0) is 45.0 Å². The van der Waals surface area contributed by atoms with Crippen LogP contribution in [0.1, 0.15) is 30.4 Å². The molecule has 0 aromatic heterocycles. The van der Waals surface area contributed by atoms with Crippen molar-refractivity contribution in [2.24, 2.45) is 0 Å². The largest absolute Gasteiger partial charge is 0.356 e. The summed E-state index contributed by atoms with van der Waals surface area (Å²) in [4.78, 5) is 28.2. The molecule has 0 radical (unpaired) electrons. The number of carbonyl (C=O) groups excluding carboxylic acids is 2. The van der Waals surface area contributed by atoms with Gasteiger partial charge in [-0.1, -0.05) is 24.3 Å². The van der Waals surface area contributed by atoms with E-state index < -0.39 is 0 Å². The zero-order valence-electron chi connectivity index (χ0n) is 15.0. The van der Waals surface area contributed by atoms with E-state index in [9.17, 15) is 9.59 Å². The quantitative estimate of drug-likeness (QED) is 0.787. The van der Waals surface area contributed by atoms with Gasteiger partial charge in [0.1, 0.15) is 0 Å². The summed E-state index contributed by atoms with van der Waals surface area (Å²) in [5.74, 6) is 0.293. The van der Waals surface area contributed by atoms with E-state index in [0.717, 1.165) is 37.1 Å². The van der Waals surface area contributed by atoms with E-state index in [1.54, 1.807) is 0 Å². The Morgan fingerprint density at radius 3 is 2.79 bits per heavy atom. The van der Waals surface area contributed by atoms with Gasteiger partial charge < -0.3 is 15.1 Å². The van der Waals surface area contributed by atoms with Crippen molar-refractivity contribution in [3.05, 3.63) is 35.4 Å². The average molecular weight is 331 g/mol. The first-order valence-corrected chi connectivity index (χ1v) is 8.72. The van der Waals surface area contributed by atoms with Crippen LogP contribution in [0, 0.1) is 6.92 Å². The molecule has 1 aromatic carbocycles. The molecular weight excluding hydrogens is 302 g/mol. The molecule has 1 saturated heterocycles. The first kappa shape index (κ1) is 18.5. The molecule has 0 spiro atoms. The number of amides is 2. The number of likely N-dealkylation sites (tertiary alicyclic amines) is 1. The lowest BCUT2D eigenvalue weighted by atomic mass is 10.1. The van der Waals surface area contributed by atoms with Gasteiger partial charge in [0.25, 0.3) is 0 Å². The van der Waals surface area contributed by atoms with Crippen LogP contribution in [0.25, 0.3) is 0 Å². The fourth-order valence-corrected chi connectivity index (χ4v) is 3.13. The second-order valence-corrected chi connectivity index (χ2v) is 6.82. The molecule has 1 aliphatic rings. The van der Waals surface area contributed by atoms with Crippen LogP contribution in [-0.2, 0) is 16.0 Å². The van der Waals surface area contributed by atoms with Crippen molar-refractivity contribution < 1.29 is 9.59 Å². The molecule has 1 atom stereocenters. The van der Waals surface area contributed by atoms with Crippen molar-refractivity contribution in [2.45, 2.75) is 38.6 Å². The number of rotatable bonds is 8. The molecule has 1 aliphatic heterocycles. The molecule has 2 amide bonds. The maximum absolute atomic E-state index is 12.1. The molecule has 0 aliphatic carbocycles. The van der Waals surface area contributed by atoms with Gasteiger partial charge in [0.2, 0.25) is 11.8 Å². The summed E-state index contributed by atoms with van der Waals surface area (Å²) < 4.78 is 0. The molecule has 24 heavy (non-hydrogen) atoms. The summed E-state index contributed by atoms with van der Waals surface area (Å²) in [7, 11) is 4.03. The third-order valence-corrected chi connectivity index (χ3v) is 4.65. The fraction of sp³-hybridized carbons (Fsp3) is 0.579. The normalized spacial score (nSPS) is 17.6. The highest BCUT2D eigenvalue weighted by atomic mass is 16.2.